The fourth-order valence-corrected chi connectivity index (χ4v) is 3.61. The third kappa shape index (κ3) is 2.62. The van der Waals surface area contributed by atoms with Crippen LogP contribution in [0.4, 0.5) is 5.69 Å². The maximum absolute atomic E-state index is 13.0. The Morgan fingerprint density at radius 3 is 2.57 bits per heavy atom. The molecule has 2 heterocycles. The predicted octanol–water partition coefficient (Wildman–Crippen LogP) is 4.51. The molecule has 1 N–H and O–H groups in total. The lowest BCUT2D eigenvalue weighted by Crippen LogP contribution is -2.42. The monoisotopic (exact) mass is 320 g/mol. The van der Waals surface area contributed by atoms with Crippen molar-refractivity contribution in [3.05, 3.63) is 88.1 Å². The third-order valence-corrected chi connectivity index (χ3v) is 4.78. The lowest BCUT2D eigenvalue weighted by Gasteiger charge is -2.37. The van der Waals surface area contributed by atoms with Crippen molar-refractivity contribution >= 4 is 22.9 Å². The molecule has 0 fully saturated rings. The Hall–Kier alpha value is -2.59. The summed E-state index contributed by atoms with van der Waals surface area (Å²) < 4.78 is 0. The first-order valence-corrected chi connectivity index (χ1v) is 8.50. The van der Waals surface area contributed by atoms with Crippen LogP contribution in [0.2, 0.25) is 0 Å². The molecule has 114 valence electrons. The smallest absolute Gasteiger partial charge is 0.258 e. The summed E-state index contributed by atoms with van der Waals surface area (Å²) in [5.41, 5.74) is 3.88. The molecule has 3 nitrogen and oxygen atoms in total. The number of rotatable bonds is 3. The zero-order chi connectivity index (χ0) is 15.6. The first kappa shape index (κ1) is 14.0. The van der Waals surface area contributed by atoms with E-state index < -0.39 is 0 Å². The molecule has 0 spiro atoms. The molecule has 0 saturated heterocycles. The first-order chi connectivity index (χ1) is 11.3. The van der Waals surface area contributed by atoms with Gasteiger partial charge >= 0.3 is 0 Å². The summed E-state index contributed by atoms with van der Waals surface area (Å²) in [7, 11) is 0. The Morgan fingerprint density at radius 1 is 1.00 bits per heavy atom. The van der Waals surface area contributed by atoms with Gasteiger partial charge in [-0.15, -0.1) is 0 Å². The highest BCUT2D eigenvalue weighted by molar-refractivity contribution is 7.08. The van der Waals surface area contributed by atoms with Crippen LogP contribution in [-0.2, 0) is 6.54 Å². The molecule has 3 aromatic rings. The van der Waals surface area contributed by atoms with Gasteiger partial charge in [-0.05, 0) is 34.5 Å². The summed E-state index contributed by atoms with van der Waals surface area (Å²) in [5, 5.41) is 7.65. The number of hydrogen-bond acceptors (Lipinski definition) is 3. The van der Waals surface area contributed by atoms with Gasteiger partial charge < -0.3 is 10.2 Å². The van der Waals surface area contributed by atoms with E-state index in [1.165, 1.54) is 0 Å². The van der Waals surface area contributed by atoms with E-state index in [4.69, 9.17) is 0 Å². The third-order valence-electron chi connectivity index (χ3n) is 4.08. The van der Waals surface area contributed by atoms with Gasteiger partial charge in [-0.1, -0.05) is 42.5 Å². The topological polar surface area (TPSA) is 32.3 Å². The van der Waals surface area contributed by atoms with Gasteiger partial charge in [0.2, 0.25) is 0 Å². The second-order valence-corrected chi connectivity index (χ2v) is 6.35. The molecule has 0 unspecified atom stereocenters. The number of para-hydroxylation sites is 1. The van der Waals surface area contributed by atoms with Crippen molar-refractivity contribution in [3.8, 4) is 0 Å². The molecule has 1 atom stereocenters. The molecular weight excluding hydrogens is 304 g/mol. The van der Waals surface area contributed by atoms with Crippen LogP contribution in [0.5, 0.6) is 0 Å². The van der Waals surface area contributed by atoms with Crippen molar-refractivity contribution in [1.29, 1.82) is 0 Å². The minimum Gasteiger partial charge on any atom is -0.361 e. The Kier molecular flexibility index (Phi) is 3.60. The molecule has 23 heavy (non-hydrogen) atoms. The molecule has 4 heteroatoms. The van der Waals surface area contributed by atoms with Crippen LogP contribution in [0.1, 0.15) is 27.7 Å². The Labute approximate surface area is 139 Å². The molecule has 0 aliphatic carbocycles. The Bertz CT molecular complexity index is 814. The molecule has 0 bridgehead atoms. The fourth-order valence-electron chi connectivity index (χ4n) is 2.93. The summed E-state index contributed by atoms with van der Waals surface area (Å²) in [5.74, 6) is 0.0689. The summed E-state index contributed by atoms with van der Waals surface area (Å²) in [6.07, 6.45) is -0.135. The molecule has 0 saturated carbocycles. The summed E-state index contributed by atoms with van der Waals surface area (Å²) in [4.78, 5) is 14.9. The second kappa shape index (κ2) is 5.89. The molecule has 1 amide bonds. The van der Waals surface area contributed by atoms with Crippen LogP contribution in [0.3, 0.4) is 0 Å². The van der Waals surface area contributed by atoms with E-state index in [0.29, 0.717) is 6.54 Å². The van der Waals surface area contributed by atoms with E-state index in [1.807, 2.05) is 52.7 Å². The van der Waals surface area contributed by atoms with Gasteiger partial charge in [-0.3, -0.25) is 4.79 Å². The highest BCUT2D eigenvalue weighted by atomic mass is 32.1. The highest BCUT2D eigenvalue weighted by Gasteiger charge is 2.32. The number of carbonyl (C=O) groups is 1. The van der Waals surface area contributed by atoms with Gasteiger partial charge in [-0.25, -0.2) is 0 Å². The highest BCUT2D eigenvalue weighted by Crippen LogP contribution is 2.34. The van der Waals surface area contributed by atoms with Crippen LogP contribution in [0.25, 0.3) is 0 Å². The number of hydrogen-bond donors (Lipinski definition) is 1. The molecule has 4 rings (SSSR count). The number of nitrogens with one attached hydrogen (secondary N) is 1. The van der Waals surface area contributed by atoms with Gasteiger partial charge in [-0.2, -0.15) is 11.3 Å². The van der Waals surface area contributed by atoms with E-state index in [9.17, 15) is 4.79 Å². The maximum Gasteiger partial charge on any atom is 0.258 e. The van der Waals surface area contributed by atoms with E-state index in [-0.39, 0.29) is 12.1 Å². The summed E-state index contributed by atoms with van der Waals surface area (Å²) >= 11 is 1.65. The van der Waals surface area contributed by atoms with Gasteiger partial charge in [0.1, 0.15) is 6.17 Å². The van der Waals surface area contributed by atoms with Crippen LogP contribution in [-0.4, -0.2) is 10.8 Å². The van der Waals surface area contributed by atoms with E-state index in [0.717, 1.165) is 22.4 Å². The lowest BCUT2D eigenvalue weighted by molar-refractivity contribution is 0.0667. The summed E-state index contributed by atoms with van der Waals surface area (Å²) in [6.45, 7) is 0.585. The van der Waals surface area contributed by atoms with Crippen molar-refractivity contribution in [2.24, 2.45) is 0 Å². The van der Waals surface area contributed by atoms with Gasteiger partial charge in [0.25, 0.3) is 5.91 Å². The Morgan fingerprint density at radius 2 is 1.78 bits per heavy atom. The first-order valence-electron chi connectivity index (χ1n) is 7.55. The van der Waals surface area contributed by atoms with Crippen molar-refractivity contribution in [1.82, 2.24) is 4.90 Å². The average Bonchev–Trinajstić information content (AvgIpc) is 3.13. The van der Waals surface area contributed by atoms with E-state index >= 15 is 0 Å². The number of anilines is 1. The normalized spacial score (nSPS) is 16.8. The quantitative estimate of drug-likeness (QED) is 0.770. The van der Waals surface area contributed by atoms with Crippen LogP contribution in [0, 0.1) is 0 Å². The largest absolute Gasteiger partial charge is 0.361 e. The average molecular weight is 320 g/mol. The Balaban J connectivity index is 1.75. The molecule has 0 radical (unpaired) electrons. The van der Waals surface area contributed by atoms with E-state index in [1.54, 1.807) is 11.3 Å². The van der Waals surface area contributed by atoms with Crippen LogP contribution in [0.15, 0.2) is 71.4 Å². The van der Waals surface area contributed by atoms with Crippen LogP contribution < -0.4 is 5.32 Å². The molecule has 1 aliphatic heterocycles. The molecule has 2 aromatic carbocycles. The van der Waals surface area contributed by atoms with E-state index in [2.05, 4.69) is 28.9 Å². The van der Waals surface area contributed by atoms with Crippen LogP contribution >= 0.6 is 11.3 Å². The number of fused-ring (bicyclic) bond motifs is 1. The van der Waals surface area contributed by atoms with Gasteiger partial charge in [0.15, 0.2) is 0 Å². The number of thiophene rings is 1. The standard InChI is InChI=1S/C19H16N2OS/c22-19-16-8-4-5-9-17(16)20-18(15-10-11-23-13-15)21(19)12-14-6-2-1-3-7-14/h1-11,13,18,20H,12H2/t18-/m1/s1. The van der Waals surface area contributed by atoms with Crippen molar-refractivity contribution < 1.29 is 4.79 Å². The number of nitrogens with zero attached hydrogens (tertiary/aromatic N) is 1. The number of amides is 1. The summed E-state index contributed by atoms with van der Waals surface area (Å²) in [6, 6.07) is 19.9. The van der Waals surface area contributed by atoms with Crippen molar-refractivity contribution in [3.63, 3.8) is 0 Å². The molecule has 1 aliphatic rings. The predicted molar refractivity (Wildman–Crippen MR) is 93.4 cm³/mol. The lowest BCUT2D eigenvalue weighted by atomic mass is 10.0. The van der Waals surface area contributed by atoms with Crippen molar-refractivity contribution in [2.45, 2.75) is 12.7 Å². The maximum atomic E-state index is 13.0. The number of carbonyl (C=O) groups excluding carboxylic acids is 1. The van der Waals surface area contributed by atoms with Gasteiger partial charge in [0.05, 0.1) is 5.56 Å². The fraction of sp³-hybridized carbons (Fsp3) is 0.105. The minimum absolute atomic E-state index is 0.0689. The number of benzene rings is 2. The molecular formula is C19H16N2OS. The molecule has 1 aromatic heterocycles. The SMILES string of the molecule is O=C1c2ccccc2N[C@@H](c2ccsc2)N1Cc1ccccc1. The zero-order valence-electron chi connectivity index (χ0n) is 12.5. The zero-order valence-corrected chi connectivity index (χ0v) is 13.3. The van der Waals surface area contributed by atoms with Gasteiger partial charge in [0, 0.05) is 17.8 Å². The van der Waals surface area contributed by atoms with Crippen molar-refractivity contribution in [2.75, 3.05) is 5.32 Å². The second-order valence-electron chi connectivity index (χ2n) is 5.57. The minimum atomic E-state index is -0.135.